The number of hydrogen-bond acceptors (Lipinski definition) is 4. The fourth-order valence-corrected chi connectivity index (χ4v) is 5.07. The van der Waals surface area contributed by atoms with Gasteiger partial charge in [-0.05, 0) is 61.4 Å². The van der Waals surface area contributed by atoms with Gasteiger partial charge in [-0.1, -0.05) is 12.1 Å². The van der Waals surface area contributed by atoms with Gasteiger partial charge in [-0.25, -0.2) is 4.98 Å². The van der Waals surface area contributed by atoms with E-state index in [1.165, 1.54) is 16.9 Å². The van der Waals surface area contributed by atoms with Crippen LogP contribution in [0.25, 0.3) is 28.3 Å². The molecule has 4 aromatic rings. The van der Waals surface area contributed by atoms with E-state index in [0.29, 0.717) is 11.6 Å². The van der Waals surface area contributed by atoms with Crippen LogP contribution < -0.4 is 10.2 Å². The molecule has 4 heterocycles. The van der Waals surface area contributed by atoms with E-state index in [-0.39, 0.29) is 0 Å². The molecule has 0 saturated carbocycles. The van der Waals surface area contributed by atoms with Crippen LogP contribution in [0, 0.1) is 18.3 Å². The Labute approximate surface area is 193 Å². The molecule has 164 valence electrons. The summed E-state index contributed by atoms with van der Waals surface area (Å²) in [5.74, 6) is 0.967. The lowest BCUT2D eigenvalue weighted by Crippen LogP contribution is -2.49. The standard InChI is InChI=1S/C27H26N6/c1-18-14-31(10-9-29-18)24-7-8-25-23(11-24)17-32-16-22(21-5-3-20(13-28)4-6-21)12-26(32)27-30-19(2)15-33(25)27/h3-8,11-12,15-16,18,29H,9-10,14,17H2,1-2H3. The fourth-order valence-electron chi connectivity index (χ4n) is 5.07. The molecule has 0 spiro atoms. The Balaban J connectivity index is 1.45. The molecule has 1 fully saturated rings. The second kappa shape index (κ2) is 7.65. The van der Waals surface area contributed by atoms with Crippen LogP contribution in [0.5, 0.6) is 0 Å². The molecule has 0 radical (unpaired) electrons. The summed E-state index contributed by atoms with van der Waals surface area (Å²) in [7, 11) is 0. The SMILES string of the molecule is Cc1cn2c(n1)-c1cc(-c3ccc(C#N)cc3)cn1Cc1cc(N3CCNC(C)C3)ccc1-2. The number of piperazine rings is 1. The molecule has 1 unspecified atom stereocenters. The molecule has 2 aromatic heterocycles. The molecule has 1 saturated heterocycles. The molecule has 2 aromatic carbocycles. The first-order chi connectivity index (χ1) is 16.1. The highest BCUT2D eigenvalue weighted by Gasteiger charge is 2.24. The van der Waals surface area contributed by atoms with E-state index in [1.54, 1.807) is 0 Å². The summed E-state index contributed by atoms with van der Waals surface area (Å²) in [5.41, 5.74) is 8.80. The van der Waals surface area contributed by atoms with Crippen molar-refractivity contribution in [1.29, 1.82) is 5.26 Å². The van der Waals surface area contributed by atoms with Crippen LogP contribution in [0.3, 0.4) is 0 Å². The normalized spacial score (nSPS) is 17.0. The maximum atomic E-state index is 9.13. The second-order valence-corrected chi connectivity index (χ2v) is 9.12. The van der Waals surface area contributed by atoms with Gasteiger partial charge in [0.05, 0.1) is 28.7 Å². The Bertz CT molecular complexity index is 1390. The number of imidazole rings is 1. The highest BCUT2D eigenvalue weighted by Crippen LogP contribution is 2.36. The Kier molecular flexibility index (Phi) is 4.60. The van der Waals surface area contributed by atoms with Crippen molar-refractivity contribution in [2.75, 3.05) is 24.5 Å². The first-order valence-electron chi connectivity index (χ1n) is 11.5. The van der Waals surface area contributed by atoms with E-state index >= 15 is 0 Å². The summed E-state index contributed by atoms with van der Waals surface area (Å²) in [4.78, 5) is 7.37. The van der Waals surface area contributed by atoms with E-state index in [2.05, 4.69) is 69.0 Å². The van der Waals surface area contributed by atoms with Crippen LogP contribution in [0.15, 0.2) is 60.9 Å². The third-order valence-electron chi connectivity index (χ3n) is 6.70. The maximum absolute atomic E-state index is 9.13. The van der Waals surface area contributed by atoms with E-state index in [1.807, 2.05) is 31.2 Å². The average molecular weight is 435 g/mol. The molecular formula is C27H26N6. The quantitative estimate of drug-likeness (QED) is 0.449. The van der Waals surface area contributed by atoms with Gasteiger partial charge < -0.3 is 14.8 Å². The van der Waals surface area contributed by atoms with Crippen molar-refractivity contribution < 1.29 is 0 Å². The third-order valence-corrected chi connectivity index (χ3v) is 6.70. The molecule has 2 aliphatic rings. The number of nitrogens with zero attached hydrogens (tertiary/aromatic N) is 5. The Morgan fingerprint density at radius 2 is 1.91 bits per heavy atom. The summed E-state index contributed by atoms with van der Waals surface area (Å²) in [5, 5.41) is 12.7. The zero-order chi connectivity index (χ0) is 22.5. The van der Waals surface area contributed by atoms with Crippen LogP contribution in [0.1, 0.15) is 23.7 Å². The van der Waals surface area contributed by atoms with Crippen LogP contribution in [0.2, 0.25) is 0 Å². The van der Waals surface area contributed by atoms with Crippen molar-refractivity contribution in [1.82, 2.24) is 19.4 Å². The van der Waals surface area contributed by atoms with Gasteiger partial charge in [0.2, 0.25) is 0 Å². The predicted molar refractivity (Wildman–Crippen MR) is 131 cm³/mol. The summed E-state index contributed by atoms with van der Waals surface area (Å²) in [6.45, 7) is 8.14. The van der Waals surface area contributed by atoms with E-state index < -0.39 is 0 Å². The van der Waals surface area contributed by atoms with Crippen LogP contribution in [0.4, 0.5) is 5.69 Å². The Hall–Kier alpha value is -3.82. The third kappa shape index (κ3) is 3.42. The van der Waals surface area contributed by atoms with Gasteiger partial charge >= 0.3 is 0 Å². The molecule has 0 aliphatic carbocycles. The van der Waals surface area contributed by atoms with Gasteiger partial charge in [-0.2, -0.15) is 5.26 Å². The number of anilines is 1. The monoisotopic (exact) mass is 434 g/mol. The number of nitrogens with one attached hydrogen (secondary N) is 1. The fraction of sp³-hybridized carbons (Fsp3) is 0.259. The minimum absolute atomic E-state index is 0.492. The molecule has 1 N–H and O–H groups in total. The lowest BCUT2D eigenvalue weighted by molar-refractivity contribution is 0.485. The topological polar surface area (TPSA) is 61.8 Å². The number of nitriles is 1. The van der Waals surface area contributed by atoms with Gasteiger partial charge in [-0.15, -0.1) is 0 Å². The maximum Gasteiger partial charge on any atom is 0.161 e. The van der Waals surface area contributed by atoms with Crippen molar-refractivity contribution in [3.8, 4) is 34.4 Å². The van der Waals surface area contributed by atoms with E-state index in [9.17, 15) is 0 Å². The van der Waals surface area contributed by atoms with Crippen molar-refractivity contribution in [3.63, 3.8) is 0 Å². The second-order valence-electron chi connectivity index (χ2n) is 9.12. The molecule has 0 amide bonds. The summed E-state index contributed by atoms with van der Waals surface area (Å²) >= 11 is 0. The highest BCUT2D eigenvalue weighted by atomic mass is 15.2. The van der Waals surface area contributed by atoms with Crippen molar-refractivity contribution in [2.45, 2.75) is 26.4 Å². The van der Waals surface area contributed by atoms with Gasteiger partial charge in [0.25, 0.3) is 0 Å². The van der Waals surface area contributed by atoms with Crippen molar-refractivity contribution >= 4 is 5.69 Å². The van der Waals surface area contributed by atoms with Crippen molar-refractivity contribution in [2.24, 2.45) is 0 Å². The number of aromatic nitrogens is 3. The molecule has 6 nitrogen and oxygen atoms in total. The lowest BCUT2D eigenvalue weighted by Gasteiger charge is -2.34. The number of benzene rings is 2. The molecule has 1 atom stereocenters. The van der Waals surface area contributed by atoms with Crippen LogP contribution in [-0.2, 0) is 6.54 Å². The van der Waals surface area contributed by atoms with E-state index in [4.69, 9.17) is 10.2 Å². The Morgan fingerprint density at radius 3 is 2.70 bits per heavy atom. The lowest BCUT2D eigenvalue weighted by atomic mass is 10.1. The van der Waals surface area contributed by atoms with Crippen LogP contribution >= 0.6 is 0 Å². The Morgan fingerprint density at radius 1 is 1.06 bits per heavy atom. The smallest absolute Gasteiger partial charge is 0.161 e. The molecule has 0 bridgehead atoms. The largest absolute Gasteiger partial charge is 0.369 e. The number of rotatable bonds is 2. The van der Waals surface area contributed by atoms with E-state index in [0.717, 1.165) is 54.5 Å². The minimum atomic E-state index is 0.492. The zero-order valence-corrected chi connectivity index (χ0v) is 18.9. The number of fused-ring (bicyclic) bond motifs is 5. The molecular weight excluding hydrogens is 408 g/mol. The van der Waals surface area contributed by atoms with Gasteiger partial charge in [0.1, 0.15) is 0 Å². The number of hydrogen-bond donors (Lipinski definition) is 1. The minimum Gasteiger partial charge on any atom is -0.369 e. The first-order valence-corrected chi connectivity index (χ1v) is 11.5. The average Bonchev–Trinajstić information content (AvgIpc) is 3.40. The highest BCUT2D eigenvalue weighted by molar-refractivity contribution is 5.72. The summed E-state index contributed by atoms with van der Waals surface area (Å²) < 4.78 is 4.54. The van der Waals surface area contributed by atoms with Gasteiger partial charge in [0, 0.05) is 55.9 Å². The molecule has 6 rings (SSSR count). The summed E-state index contributed by atoms with van der Waals surface area (Å²) in [6, 6.07) is 19.5. The zero-order valence-electron chi connectivity index (χ0n) is 18.9. The predicted octanol–water partition coefficient (Wildman–Crippen LogP) is 4.35. The summed E-state index contributed by atoms with van der Waals surface area (Å²) in [6.07, 6.45) is 4.34. The first kappa shape index (κ1) is 19.8. The molecule has 2 aliphatic heterocycles. The van der Waals surface area contributed by atoms with Crippen LogP contribution in [-0.4, -0.2) is 39.8 Å². The molecule has 6 heteroatoms. The number of aryl methyl sites for hydroxylation is 1. The van der Waals surface area contributed by atoms with Gasteiger partial charge in [-0.3, -0.25) is 4.57 Å². The molecule has 33 heavy (non-hydrogen) atoms. The van der Waals surface area contributed by atoms with Crippen molar-refractivity contribution in [3.05, 3.63) is 77.7 Å². The van der Waals surface area contributed by atoms with Gasteiger partial charge in [0.15, 0.2) is 5.82 Å².